The number of aromatic nitrogens is 2. The summed E-state index contributed by atoms with van der Waals surface area (Å²) in [5.74, 6) is 0.219. The molecule has 0 amide bonds. The van der Waals surface area contributed by atoms with Crippen molar-refractivity contribution in [3.8, 4) is 11.5 Å². The first-order valence-electron chi connectivity index (χ1n) is 5.99. The van der Waals surface area contributed by atoms with Gasteiger partial charge in [-0.3, -0.25) is 4.68 Å². The van der Waals surface area contributed by atoms with E-state index in [4.69, 9.17) is 10.5 Å². The molecule has 0 aliphatic carbocycles. The SMILES string of the molecule is COc1cnn(C)c1C(N)c1ccc(OC(F)(F)F)cc1. The second kappa shape index (κ2) is 5.65. The van der Waals surface area contributed by atoms with Crippen LogP contribution in [0.3, 0.4) is 0 Å². The maximum Gasteiger partial charge on any atom is 0.573 e. The van der Waals surface area contributed by atoms with Gasteiger partial charge in [-0.05, 0) is 17.7 Å². The van der Waals surface area contributed by atoms with Crippen molar-refractivity contribution in [1.29, 1.82) is 0 Å². The Labute approximate surface area is 119 Å². The molecule has 0 saturated carbocycles. The van der Waals surface area contributed by atoms with Gasteiger partial charge >= 0.3 is 6.36 Å². The van der Waals surface area contributed by atoms with Gasteiger partial charge in [0, 0.05) is 7.05 Å². The first kappa shape index (κ1) is 15.2. The van der Waals surface area contributed by atoms with Crippen LogP contribution in [0.5, 0.6) is 11.5 Å². The van der Waals surface area contributed by atoms with E-state index >= 15 is 0 Å². The zero-order valence-corrected chi connectivity index (χ0v) is 11.4. The quantitative estimate of drug-likeness (QED) is 0.942. The molecule has 2 rings (SSSR count). The fourth-order valence-corrected chi connectivity index (χ4v) is 1.97. The van der Waals surface area contributed by atoms with Crippen LogP contribution in [-0.4, -0.2) is 23.3 Å². The van der Waals surface area contributed by atoms with E-state index < -0.39 is 12.4 Å². The number of methoxy groups -OCH3 is 1. The molecular weight excluding hydrogens is 287 g/mol. The number of halogens is 3. The minimum atomic E-state index is -4.71. The van der Waals surface area contributed by atoms with E-state index in [0.29, 0.717) is 17.0 Å². The number of aryl methyl sites for hydroxylation is 1. The summed E-state index contributed by atoms with van der Waals surface area (Å²) in [5, 5.41) is 4.04. The average molecular weight is 301 g/mol. The summed E-state index contributed by atoms with van der Waals surface area (Å²) in [6.45, 7) is 0. The van der Waals surface area contributed by atoms with E-state index in [0.717, 1.165) is 0 Å². The second-order valence-electron chi connectivity index (χ2n) is 4.32. The zero-order valence-electron chi connectivity index (χ0n) is 11.4. The maximum atomic E-state index is 12.1. The number of hydrogen-bond acceptors (Lipinski definition) is 4. The molecule has 1 aromatic carbocycles. The normalized spacial score (nSPS) is 13.0. The molecule has 0 aliphatic rings. The topological polar surface area (TPSA) is 62.3 Å². The smallest absolute Gasteiger partial charge is 0.493 e. The van der Waals surface area contributed by atoms with Gasteiger partial charge in [0.1, 0.15) is 11.4 Å². The van der Waals surface area contributed by atoms with E-state index in [1.54, 1.807) is 11.7 Å². The molecule has 1 atom stereocenters. The van der Waals surface area contributed by atoms with Crippen LogP contribution in [0.2, 0.25) is 0 Å². The molecule has 0 aliphatic heterocycles. The standard InChI is InChI=1S/C13H14F3N3O2/c1-19-12(10(20-2)7-18-19)11(17)8-3-5-9(6-4-8)21-13(14,15)16/h3-7,11H,17H2,1-2H3. The third-order valence-corrected chi connectivity index (χ3v) is 2.94. The second-order valence-corrected chi connectivity index (χ2v) is 4.32. The van der Waals surface area contributed by atoms with Crippen molar-refractivity contribution in [2.24, 2.45) is 12.8 Å². The molecule has 0 radical (unpaired) electrons. The predicted molar refractivity (Wildman–Crippen MR) is 68.9 cm³/mol. The van der Waals surface area contributed by atoms with Crippen LogP contribution in [-0.2, 0) is 7.05 Å². The summed E-state index contributed by atoms with van der Waals surface area (Å²) in [4.78, 5) is 0. The third kappa shape index (κ3) is 3.46. The molecule has 1 aromatic heterocycles. The van der Waals surface area contributed by atoms with Crippen LogP contribution >= 0.6 is 0 Å². The molecule has 1 unspecified atom stereocenters. The Morgan fingerprint density at radius 3 is 2.38 bits per heavy atom. The van der Waals surface area contributed by atoms with E-state index in [2.05, 4.69) is 9.84 Å². The Morgan fingerprint density at radius 1 is 1.24 bits per heavy atom. The summed E-state index contributed by atoms with van der Waals surface area (Å²) < 4.78 is 46.8. The van der Waals surface area contributed by atoms with Crippen LogP contribution in [0, 0.1) is 0 Å². The highest BCUT2D eigenvalue weighted by molar-refractivity contribution is 5.38. The van der Waals surface area contributed by atoms with Crippen LogP contribution in [0.1, 0.15) is 17.3 Å². The molecule has 0 bridgehead atoms. The number of nitrogens with two attached hydrogens (primary N) is 1. The molecule has 21 heavy (non-hydrogen) atoms. The number of benzene rings is 1. The van der Waals surface area contributed by atoms with E-state index in [-0.39, 0.29) is 5.75 Å². The molecule has 2 N–H and O–H groups in total. The van der Waals surface area contributed by atoms with Gasteiger partial charge in [0.2, 0.25) is 0 Å². The fraction of sp³-hybridized carbons (Fsp3) is 0.308. The van der Waals surface area contributed by atoms with Crippen molar-refractivity contribution in [3.05, 3.63) is 41.7 Å². The molecule has 0 saturated heterocycles. The van der Waals surface area contributed by atoms with Crippen molar-refractivity contribution < 1.29 is 22.6 Å². The minimum absolute atomic E-state index is 0.296. The van der Waals surface area contributed by atoms with Crippen molar-refractivity contribution in [1.82, 2.24) is 9.78 Å². The maximum absolute atomic E-state index is 12.1. The zero-order chi connectivity index (χ0) is 15.6. The molecule has 0 spiro atoms. The monoisotopic (exact) mass is 301 g/mol. The Morgan fingerprint density at radius 2 is 1.86 bits per heavy atom. The van der Waals surface area contributed by atoms with Crippen molar-refractivity contribution in [3.63, 3.8) is 0 Å². The Hall–Kier alpha value is -2.22. The number of hydrogen-bond donors (Lipinski definition) is 1. The fourth-order valence-electron chi connectivity index (χ4n) is 1.97. The van der Waals surface area contributed by atoms with Gasteiger partial charge in [0.05, 0.1) is 19.3 Å². The van der Waals surface area contributed by atoms with Gasteiger partial charge in [-0.25, -0.2) is 0 Å². The van der Waals surface area contributed by atoms with Crippen molar-refractivity contribution in [2.45, 2.75) is 12.4 Å². The average Bonchev–Trinajstić information content (AvgIpc) is 2.78. The summed E-state index contributed by atoms with van der Waals surface area (Å²) >= 11 is 0. The largest absolute Gasteiger partial charge is 0.573 e. The number of rotatable bonds is 4. The highest BCUT2D eigenvalue weighted by atomic mass is 19.4. The van der Waals surface area contributed by atoms with Gasteiger partial charge in [-0.15, -0.1) is 13.2 Å². The van der Waals surface area contributed by atoms with Gasteiger partial charge < -0.3 is 15.2 Å². The Bertz CT molecular complexity index is 608. The highest BCUT2D eigenvalue weighted by Gasteiger charge is 2.31. The molecule has 2 aromatic rings. The van der Waals surface area contributed by atoms with Crippen LogP contribution in [0.25, 0.3) is 0 Å². The lowest BCUT2D eigenvalue weighted by Crippen LogP contribution is -2.18. The summed E-state index contributed by atoms with van der Waals surface area (Å²) in [6.07, 6.45) is -3.19. The molecule has 8 heteroatoms. The van der Waals surface area contributed by atoms with E-state index in [1.165, 1.54) is 37.6 Å². The summed E-state index contributed by atoms with van der Waals surface area (Å²) in [5.41, 5.74) is 7.36. The van der Waals surface area contributed by atoms with Crippen molar-refractivity contribution >= 4 is 0 Å². The minimum Gasteiger partial charge on any atom is -0.493 e. The first-order chi connectivity index (χ1) is 9.81. The Balaban J connectivity index is 2.24. The summed E-state index contributed by atoms with van der Waals surface area (Å²) in [6, 6.07) is 4.79. The van der Waals surface area contributed by atoms with Crippen LogP contribution < -0.4 is 15.2 Å². The lowest BCUT2D eigenvalue weighted by atomic mass is 10.0. The number of nitrogens with zero attached hydrogens (tertiary/aromatic N) is 2. The van der Waals surface area contributed by atoms with E-state index in [9.17, 15) is 13.2 Å². The number of ether oxygens (including phenoxy) is 2. The molecule has 5 nitrogen and oxygen atoms in total. The predicted octanol–water partition coefficient (Wildman–Crippen LogP) is 2.38. The van der Waals surface area contributed by atoms with Crippen LogP contribution in [0.15, 0.2) is 30.5 Å². The summed E-state index contributed by atoms with van der Waals surface area (Å²) in [7, 11) is 3.20. The number of alkyl halides is 3. The highest BCUT2D eigenvalue weighted by Crippen LogP contribution is 2.29. The first-order valence-corrected chi connectivity index (χ1v) is 5.99. The Kier molecular flexibility index (Phi) is 4.08. The van der Waals surface area contributed by atoms with Gasteiger partial charge in [-0.2, -0.15) is 5.10 Å². The molecule has 0 fully saturated rings. The lowest BCUT2D eigenvalue weighted by Gasteiger charge is -2.15. The van der Waals surface area contributed by atoms with E-state index in [1.807, 2.05) is 0 Å². The van der Waals surface area contributed by atoms with Crippen LogP contribution in [0.4, 0.5) is 13.2 Å². The van der Waals surface area contributed by atoms with Gasteiger partial charge in [0.25, 0.3) is 0 Å². The lowest BCUT2D eigenvalue weighted by molar-refractivity contribution is -0.274. The van der Waals surface area contributed by atoms with Crippen molar-refractivity contribution in [2.75, 3.05) is 7.11 Å². The van der Waals surface area contributed by atoms with Gasteiger partial charge in [-0.1, -0.05) is 12.1 Å². The molecular formula is C13H14F3N3O2. The molecule has 114 valence electrons. The van der Waals surface area contributed by atoms with Gasteiger partial charge in [0.15, 0.2) is 5.75 Å². The third-order valence-electron chi connectivity index (χ3n) is 2.94. The molecule has 1 heterocycles.